The molecule has 1 aromatic rings. The third-order valence-electron chi connectivity index (χ3n) is 2.66. The number of nitrogens with one attached hydrogen (secondary N) is 1. The lowest BCUT2D eigenvalue weighted by Crippen LogP contribution is -2.26. The summed E-state index contributed by atoms with van der Waals surface area (Å²) in [7, 11) is 0. The van der Waals surface area contributed by atoms with Crippen molar-refractivity contribution in [1.29, 1.82) is 0 Å². The maximum absolute atomic E-state index is 13.3. The topological polar surface area (TPSA) is 29.1 Å². The fourth-order valence-corrected chi connectivity index (χ4v) is 1.59. The molecule has 0 aromatic heterocycles. The monoisotopic (exact) mass is 277 g/mol. The van der Waals surface area contributed by atoms with E-state index in [1.807, 2.05) is 6.92 Å². The molecule has 0 unspecified atom stereocenters. The van der Waals surface area contributed by atoms with E-state index in [0.717, 1.165) is 19.3 Å². The number of hydrogen-bond donors (Lipinski definition) is 1. The Bertz CT molecular complexity index is 462. The van der Waals surface area contributed by atoms with Crippen LogP contribution in [-0.2, 0) is 0 Å². The molecule has 1 amide bonds. The molecule has 0 aliphatic carbocycles. The van der Waals surface area contributed by atoms with Gasteiger partial charge in [0, 0.05) is 6.54 Å². The molecule has 2 nitrogen and oxygen atoms in total. The van der Waals surface area contributed by atoms with Crippen LogP contribution in [0, 0.1) is 23.3 Å². The summed E-state index contributed by atoms with van der Waals surface area (Å²) in [5, 5.41) is 2.34. The molecule has 0 aliphatic rings. The molecule has 0 saturated heterocycles. The van der Waals surface area contributed by atoms with Crippen LogP contribution in [0.4, 0.5) is 17.6 Å². The van der Waals surface area contributed by atoms with Crippen LogP contribution in [0.2, 0.25) is 0 Å². The number of carbonyl (C=O) groups is 1. The van der Waals surface area contributed by atoms with Crippen molar-refractivity contribution in [2.75, 3.05) is 6.54 Å². The lowest BCUT2D eigenvalue weighted by molar-refractivity contribution is 0.0947. The molecule has 0 atom stereocenters. The number of amides is 1. The third-order valence-corrected chi connectivity index (χ3v) is 2.66. The van der Waals surface area contributed by atoms with Crippen LogP contribution in [0.3, 0.4) is 0 Å². The van der Waals surface area contributed by atoms with Gasteiger partial charge in [0.2, 0.25) is 0 Å². The first-order valence-corrected chi connectivity index (χ1v) is 6.10. The van der Waals surface area contributed by atoms with E-state index in [-0.39, 0.29) is 6.54 Å². The van der Waals surface area contributed by atoms with Crippen molar-refractivity contribution in [3.05, 3.63) is 34.9 Å². The quantitative estimate of drug-likeness (QED) is 0.366. The minimum atomic E-state index is -1.98. The molecule has 0 spiro atoms. The van der Waals surface area contributed by atoms with Gasteiger partial charge in [0.1, 0.15) is 0 Å². The molecular weight excluding hydrogens is 262 g/mol. The summed E-state index contributed by atoms with van der Waals surface area (Å²) in [4.78, 5) is 11.5. The molecule has 1 N–H and O–H groups in total. The van der Waals surface area contributed by atoms with Gasteiger partial charge in [-0.25, -0.2) is 17.6 Å². The molecule has 0 bridgehead atoms. The summed E-state index contributed by atoms with van der Waals surface area (Å²) in [5.41, 5.74) is -0.827. The number of benzene rings is 1. The van der Waals surface area contributed by atoms with Crippen LogP contribution in [-0.4, -0.2) is 12.5 Å². The highest BCUT2D eigenvalue weighted by Crippen LogP contribution is 2.18. The van der Waals surface area contributed by atoms with Crippen LogP contribution < -0.4 is 5.32 Å². The Labute approximate surface area is 108 Å². The largest absolute Gasteiger partial charge is 0.352 e. The minimum Gasteiger partial charge on any atom is -0.352 e. The SMILES string of the molecule is CCCCCCNC(=O)c1cc(F)c(F)c(F)c1F. The van der Waals surface area contributed by atoms with Gasteiger partial charge in [-0.15, -0.1) is 0 Å². The van der Waals surface area contributed by atoms with Crippen LogP contribution in [0.15, 0.2) is 6.07 Å². The lowest BCUT2D eigenvalue weighted by atomic mass is 10.1. The minimum absolute atomic E-state index is 0.277. The Morgan fingerprint density at radius 3 is 2.37 bits per heavy atom. The Morgan fingerprint density at radius 1 is 1.05 bits per heavy atom. The second-order valence-corrected chi connectivity index (χ2v) is 4.16. The van der Waals surface area contributed by atoms with E-state index < -0.39 is 34.7 Å². The van der Waals surface area contributed by atoms with E-state index in [4.69, 9.17) is 0 Å². The molecular formula is C13H15F4NO. The van der Waals surface area contributed by atoms with Gasteiger partial charge in [0.05, 0.1) is 5.56 Å². The molecule has 106 valence electrons. The molecule has 0 aliphatic heterocycles. The van der Waals surface area contributed by atoms with Crippen molar-refractivity contribution in [2.24, 2.45) is 0 Å². The molecule has 0 radical (unpaired) electrons. The molecule has 0 saturated carbocycles. The maximum Gasteiger partial charge on any atom is 0.254 e. The van der Waals surface area contributed by atoms with Crippen molar-refractivity contribution in [3.8, 4) is 0 Å². The zero-order chi connectivity index (χ0) is 14.4. The third kappa shape index (κ3) is 3.94. The molecule has 0 fully saturated rings. The van der Waals surface area contributed by atoms with Gasteiger partial charge in [-0.3, -0.25) is 4.79 Å². The Balaban J connectivity index is 2.67. The summed E-state index contributed by atoms with van der Waals surface area (Å²) in [6.07, 6.45) is 3.61. The summed E-state index contributed by atoms with van der Waals surface area (Å²) in [5.74, 6) is -8.11. The van der Waals surface area contributed by atoms with Gasteiger partial charge >= 0.3 is 0 Å². The smallest absolute Gasteiger partial charge is 0.254 e. The summed E-state index contributed by atoms with van der Waals surface area (Å²) in [6, 6.07) is 0.356. The second-order valence-electron chi connectivity index (χ2n) is 4.16. The van der Waals surface area contributed by atoms with Crippen molar-refractivity contribution in [1.82, 2.24) is 5.32 Å². The van der Waals surface area contributed by atoms with E-state index in [2.05, 4.69) is 5.32 Å². The van der Waals surface area contributed by atoms with Gasteiger partial charge in [0.25, 0.3) is 5.91 Å². The van der Waals surface area contributed by atoms with Crippen molar-refractivity contribution in [3.63, 3.8) is 0 Å². The summed E-state index contributed by atoms with van der Waals surface area (Å²) in [6.45, 7) is 2.30. The molecule has 1 aromatic carbocycles. The highest BCUT2D eigenvalue weighted by molar-refractivity contribution is 5.94. The number of unbranched alkanes of at least 4 members (excludes halogenated alkanes) is 3. The van der Waals surface area contributed by atoms with Gasteiger partial charge < -0.3 is 5.32 Å². The van der Waals surface area contributed by atoms with E-state index in [0.29, 0.717) is 12.5 Å². The Hall–Kier alpha value is -1.59. The van der Waals surface area contributed by atoms with Crippen LogP contribution in [0.1, 0.15) is 43.0 Å². The number of hydrogen-bond acceptors (Lipinski definition) is 1. The van der Waals surface area contributed by atoms with Crippen LogP contribution >= 0.6 is 0 Å². The maximum atomic E-state index is 13.3. The number of rotatable bonds is 6. The van der Waals surface area contributed by atoms with E-state index in [9.17, 15) is 22.4 Å². The van der Waals surface area contributed by atoms with E-state index >= 15 is 0 Å². The highest BCUT2D eigenvalue weighted by atomic mass is 19.2. The van der Waals surface area contributed by atoms with Gasteiger partial charge in [0.15, 0.2) is 23.3 Å². The highest BCUT2D eigenvalue weighted by Gasteiger charge is 2.22. The molecule has 6 heteroatoms. The first kappa shape index (κ1) is 15.5. The van der Waals surface area contributed by atoms with Gasteiger partial charge in [-0.2, -0.15) is 0 Å². The average molecular weight is 277 g/mol. The zero-order valence-electron chi connectivity index (χ0n) is 10.5. The van der Waals surface area contributed by atoms with E-state index in [1.54, 1.807) is 0 Å². The first-order valence-electron chi connectivity index (χ1n) is 6.10. The second kappa shape index (κ2) is 7.11. The summed E-state index contributed by atoms with van der Waals surface area (Å²) >= 11 is 0. The fourth-order valence-electron chi connectivity index (χ4n) is 1.59. The molecule has 19 heavy (non-hydrogen) atoms. The standard InChI is InChI=1S/C13H15F4NO/c1-2-3-4-5-6-18-13(19)8-7-9(14)11(16)12(17)10(8)15/h7H,2-6H2,1H3,(H,18,19). The number of halogens is 4. The Kier molecular flexibility index (Phi) is 5.79. The normalized spacial score (nSPS) is 10.6. The van der Waals surface area contributed by atoms with Crippen molar-refractivity contribution in [2.45, 2.75) is 32.6 Å². The molecule has 0 heterocycles. The Morgan fingerprint density at radius 2 is 1.74 bits per heavy atom. The zero-order valence-corrected chi connectivity index (χ0v) is 10.5. The summed E-state index contributed by atoms with van der Waals surface area (Å²) < 4.78 is 51.8. The predicted molar refractivity (Wildman–Crippen MR) is 62.7 cm³/mol. The van der Waals surface area contributed by atoms with Gasteiger partial charge in [-0.1, -0.05) is 26.2 Å². The number of carbonyl (C=O) groups excluding carboxylic acids is 1. The van der Waals surface area contributed by atoms with Crippen molar-refractivity contribution < 1.29 is 22.4 Å². The fraction of sp³-hybridized carbons (Fsp3) is 0.462. The first-order chi connectivity index (χ1) is 8.99. The lowest BCUT2D eigenvalue weighted by Gasteiger charge is -2.07. The average Bonchev–Trinajstić information content (AvgIpc) is 2.40. The predicted octanol–water partition coefficient (Wildman–Crippen LogP) is 3.55. The van der Waals surface area contributed by atoms with Gasteiger partial charge in [-0.05, 0) is 12.5 Å². The van der Waals surface area contributed by atoms with Crippen LogP contribution in [0.5, 0.6) is 0 Å². The van der Waals surface area contributed by atoms with Crippen LogP contribution in [0.25, 0.3) is 0 Å². The van der Waals surface area contributed by atoms with E-state index in [1.165, 1.54) is 0 Å². The molecule has 1 rings (SSSR count). The van der Waals surface area contributed by atoms with Crippen molar-refractivity contribution >= 4 is 5.91 Å².